The normalized spacial score (nSPS) is 22.3. The Kier molecular flexibility index (Phi) is 3.58. The molecule has 1 saturated heterocycles. The van der Waals surface area contributed by atoms with Gasteiger partial charge in [0.15, 0.2) is 5.78 Å². The molecule has 1 fully saturated rings. The summed E-state index contributed by atoms with van der Waals surface area (Å²) < 4.78 is 0. The second-order valence-corrected chi connectivity index (χ2v) is 6.16. The van der Waals surface area contributed by atoms with E-state index < -0.39 is 11.0 Å². The lowest BCUT2D eigenvalue weighted by Gasteiger charge is -2.24. The minimum Gasteiger partial charge on any atom is -0.297 e. The van der Waals surface area contributed by atoms with Crippen molar-refractivity contribution in [2.75, 3.05) is 18.1 Å². The molecule has 0 saturated carbocycles. The summed E-state index contributed by atoms with van der Waals surface area (Å²) in [4.78, 5) is 39.4. The fraction of sp³-hybridized carbons (Fsp3) is 0.222. The number of Topliss-reactive ketones (excluding diaryl/α,β-unsaturated/α-hetero) is 1. The number of benzene rings is 2. The van der Waals surface area contributed by atoms with Crippen LogP contribution in [0.2, 0.25) is 0 Å². The van der Waals surface area contributed by atoms with Crippen LogP contribution >= 0.6 is 0 Å². The molecule has 2 aromatic rings. The summed E-state index contributed by atoms with van der Waals surface area (Å²) >= 11 is 0. The maximum Gasteiger partial charge on any atom is 0.269 e. The van der Waals surface area contributed by atoms with Crippen LogP contribution in [0.1, 0.15) is 28.4 Å². The van der Waals surface area contributed by atoms with Gasteiger partial charge in [0.05, 0.1) is 17.3 Å². The van der Waals surface area contributed by atoms with Gasteiger partial charge < -0.3 is 0 Å². The average molecular weight is 337 g/mol. The maximum absolute atomic E-state index is 13.0. The van der Waals surface area contributed by atoms with Crippen LogP contribution in [-0.4, -0.2) is 34.7 Å². The lowest BCUT2D eigenvalue weighted by atomic mass is 10.0. The zero-order valence-corrected chi connectivity index (χ0v) is 13.3. The van der Waals surface area contributed by atoms with Crippen molar-refractivity contribution in [1.82, 2.24) is 4.90 Å². The number of non-ortho nitro benzene ring substituents is 1. The number of fused-ring (bicyclic) bond motifs is 4. The second-order valence-electron chi connectivity index (χ2n) is 6.16. The van der Waals surface area contributed by atoms with Crippen LogP contribution in [0.3, 0.4) is 0 Å². The number of anilines is 1. The highest BCUT2D eigenvalue weighted by Crippen LogP contribution is 2.36. The van der Waals surface area contributed by atoms with Crippen LogP contribution in [0.5, 0.6) is 0 Å². The average Bonchev–Trinajstić information content (AvgIpc) is 2.96. The molecule has 0 aliphatic carbocycles. The largest absolute Gasteiger partial charge is 0.297 e. The van der Waals surface area contributed by atoms with Gasteiger partial charge in [0, 0.05) is 30.7 Å². The van der Waals surface area contributed by atoms with E-state index in [2.05, 4.69) is 0 Å². The molecule has 2 aromatic carbocycles. The van der Waals surface area contributed by atoms with Crippen LogP contribution in [0.25, 0.3) is 0 Å². The maximum atomic E-state index is 13.0. The van der Waals surface area contributed by atoms with E-state index in [1.807, 2.05) is 11.0 Å². The first-order chi connectivity index (χ1) is 12.1. The molecular formula is C18H15N3O4. The van der Waals surface area contributed by atoms with E-state index in [9.17, 15) is 19.7 Å². The van der Waals surface area contributed by atoms with Gasteiger partial charge in [-0.3, -0.25) is 29.5 Å². The minimum absolute atomic E-state index is 0.0116. The van der Waals surface area contributed by atoms with Gasteiger partial charge in [-0.05, 0) is 17.7 Å². The van der Waals surface area contributed by atoms with Gasteiger partial charge in [-0.25, -0.2) is 0 Å². The summed E-state index contributed by atoms with van der Waals surface area (Å²) in [5.41, 5.74) is 1.89. The van der Waals surface area contributed by atoms with Crippen LogP contribution < -0.4 is 4.90 Å². The number of hydrogen-bond donors (Lipinski definition) is 0. The smallest absolute Gasteiger partial charge is 0.269 e. The first-order valence-corrected chi connectivity index (χ1v) is 7.98. The topological polar surface area (TPSA) is 83.8 Å². The Labute approximate surface area is 143 Å². The van der Waals surface area contributed by atoms with Crippen molar-refractivity contribution < 1.29 is 14.5 Å². The fourth-order valence-electron chi connectivity index (χ4n) is 3.49. The van der Waals surface area contributed by atoms with Crippen molar-refractivity contribution in [1.29, 1.82) is 0 Å². The molecule has 2 atom stereocenters. The quantitative estimate of drug-likeness (QED) is 0.621. The number of hydrogen-bond acceptors (Lipinski definition) is 5. The number of ketones is 1. The summed E-state index contributed by atoms with van der Waals surface area (Å²) in [5.74, 6) is -0.0987. The fourth-order valence-corrected chi connectivity index (χ4v) is 3.49. The zero-order valence-electron chi connectivity index (χ0n) is 13.3. The van der Waals surface area contributed by atoms with Gasteiger partial charge in [-0.1, -0.05) is 24.3 Å². The minimum atomic E-state index is -0.528. The third-order valence-corrected chi connectivity index (χ3v) is 4.73. The monoisotopic (exact) mass is 337 g/mol. The number of carbonyl (C=O) groups is 2. The highest BCUT2D eigenvalue weighted by atomic mass is 16.6. The molecule has 2 aliphatic rings. The Bertz CT molecular complexity index is 878. The van der Waals surface area contributed by atoms with Crippen LogP contribution in [0.15, 0.2) is 48.5 Å². The molecule has 4 rings (SSSR count). The van der Waals surface area contributed by atoms with E-state index in [0.717, 1.165) is 0 Å². The van der Waals surface area contributed by atoms with Crippen LogP contribution in [0.4, 0.5) is 11.4 Å². The summed E-state index contributed by atoms with van der Waals surface area (Å²) in [7, 11) is 0. The lowest BCUT2D eigenvalue weighted by molar-refractivity contribution is -0.384. The molecule has 0 aromatic heterocycles. The summed E-state index contributed by atoms with van der Waals surface area (Å²) in [6, 6.07) is 12.7. The predicted molar refractivity (Wildman–Crippen MR) is 90.3 cm³/mol. The number of nitrogens with zero attached hydrogens (tertiary/aromatic N) is 3. The Morgan fingerprint density at radius 2 is 1.76 bits per heavy atom. The lowest BCUT2D eigenvalue weighted by Crippen LogP contribution is -2.32. The molecule has 2 bridgehead atoms. The van der Waals surface area contributed by atoms with Crippen molar-refractivity contribution in [3.8, 4) is 0 Å². The number of carbonyl (C=O) groups excluding carboxylic acids is 2. The summed E-state index contributed by atoms with van der Waals surface area (Å²) in [6.07, 6.45) is 0.335. The highest BCUT2D eigenvalue weighted by Gasteiger charge is 2.42. The first-order valence-electron chi connectivity index (χ1n) is 7.98. The molecule has 126 valence electrons. The Hall–Kier alpha value is -3.06. The summed E-state index contributed by atoms with van der Waals surface area (Å²) in [6.45, 7) is 0.877. The molecular weight excluding hydrogens is 322 g/mol. The van der Waals surface area contributed by atoms with E-state index in [-0.39, 0.29) is 17.4 Å². The molecule has 1 amide bonds. The molecule has 0 N–H and O–H groups in total. The number of nitro benzene ring substituents is 1. The molecule has 2 heterocycles. The third kappa shape index (κ3) is 2.49. The van der Waals surface area contributed by atoms with Gasteiger partial charge in [-0.15, -0.1) is 0 Å². The van der Waals surface area contributed by atoms with Crippen LogP contribution in [-0.2, 0) is 4.79 Å². The van der Waals surface area contributed by atoms with Gasteiger partial charge in [0.25, 0.3) is 5.69 Å². The van der Waals surface area contributed by atoms with Crippen molar-refractivity contribution in [3.63, 3.8) is 0 Å². The van der Waals surface area contributed by atoms with Gasteiger partial charge in [-0.2, -0.15) is 0 Å². The van der Waals surface area contributed by atoms with E-state index >= 15 is 0 Å². The van der Waals surface area contributed by atoms with E-state index in [1.54, 1.807) is 35.2 Å². The number of nitro groups is 1. The number of amides is 1. The van der Waals surface area contributed by atoms with Gasteiger partial charge in [0.1, 0.15) is 6.04 Å². The van der Waals surface area contributed by atoms with Crippen molar-refractivity contribution in [3.05, 3.63) is 69.8 Å². The molecule has 1 unspecified atom stereocenters. The van der Waals surface area contributed by atoms with Crippen molar-refractivity contribution >= 4 is 23.1 Å². The molecule has 7 nitrogen and oxygen atoms in total. The SMILES string of the molecule is O=C1CCN2CN(C(=O)[C@H]2c2ccc([N+](=O)[O-])cc2)c2ccccc21. The summed E-state index contributed by atoms with van der Waals surface area (Å²) in [5, 5.41) is 10.8. The number of para-hydroxylation sites is 1. The van der Waals surface area contributed by atoms with Gasteiger partial charge in [0.2, 0.25) is 5.91 Å². The zero-order chi connectivity index (χ0) is 17.6. The first kappa shape index (κ1) is 15.5. The molecule has 2 aliphatic heterocycles. The van der Waals surface area contributed by atoms with E-state index in [0.29, 0.717) is 36.4 Å². The van der Waals surface area contributed by atoms with E-state index in [4.69, 9.17) is 0 Å². The van der Waals surface area contributed by atoms with E-state index in [1.165, 1.54) is 12.1 Å². The van der Waals surface area contributed by atoms with Crippen LogP contribution in [0, 0.1) is 10.1 Å². The predicted octanol–water partition coefficient (Wildman–Crippen LogP) is 2.53. The van der Waals surface area contributed by atoms with Gasteiger partial charge >= 0.3 is 0 Å². The molecule has 7 heteroatoms. The highest BCUT2D eigenvalue weighted by molar-refractivity contribution is 6.08. The second kappa shape index (κ2) is 5.78. The Morgan fingerprint density at radius 3 is 2.48 bits per heavy atom. The Balaban J connectivity index is 1.74. The molecule has 25 heavy (non-hydrogen) atoms. The Morgan fingerprint density at radius 1 is 1.04 bits per heavy atom. The van der Waals surface area contributed by atoms with Crippen molar-refractivity contribution in [2.45, 2.75) is 12.5 Å². The molecule has 0 radical (unpaired) electrons. The molecule has 0 spiro atoms. The standard InChI is InChI=1S/C18H15N3O4/c22-16-9-10-19-11-20(15-4-2-1-3-14(15)16)18(23)17(19)12-5-7-13(8-6-12)21(24)25/h1-8,17H,9-11H2/t17-/m1/s1. The number of rotatable bonds is 2. The third-order valence-electron chi connectivity index (χ3n) is 4.73. The van der Waals surface area contributed by atoms with Crippen molar-refractivity contribution in [2.24, 2.45) is 0 Å².